The van der Waals surface area contributed by atoms with Crippen molar-refractivity contribution in [3.05, 3.63) is 132 Å². The van der Waals surface area contributed by atoms with Gasteiger partial charge in [0.2, 0.25) is 0 Å². The highest BCUT2D eigenvalue weighted by molar-refractivity contribution is 6.10. The molecule has 0 aliphatic rings. The van der Waals surface area contributed by atoms with E-state index in [1.54, 1.807) is 0 Å². The predicted octanol–water partition coefficient (Wildman–Crippen LogP) is 9.57. The zero-order valence-electron chi connectivity index (χ0n) is 24.2. The van der Waals surface area contributed by atoms with Crippen molar-refractivity contribution >= 4 is 43.6 Å². The van der Waals surface area contributed by atoms with Crippen LogP contribution in [0.25, 0.3) is 66.4 Å². The summed E-state index contributed by atoms with van der Waals surface area (Å²) in [6.45, 7) is 8.59. The van der Waals surface area contributed by atoms with Crippen LogP contribution in [0.5, 0.6) is 0 Å². The van der Waals surface area contributed by atoms with Gasteiger partial charge in [-0.05, 0) is 100 Å². The molecule has 4 nitrogen and oxygen atoms in total. The Balaban J connectivity index is 1.20. The molecule has 4 aromatic carbocycles. The van der Waals surface area contributed by atoms with E-state index in [0.717, 1.165) is 22.8 Å². The second kappa shape index (κ2) is 9.15. The number of aromatic nitrogens is 4. The fourth-order valence-corrected chi connectivity index (χ4v) is 6.37. The highest BCUT2D eigenvalue weighted by Gasteiger charge is 2.15. The Kier molecular flexibility index (Phi) is 5.35. The molecule has 8 aromatic rings. The first-order valence-electron chi connectivity index (χ1n) is 14.4. The maximum Gasteiger partial charge on any atom is 0.137 e. The van der Waals surface area contributed by atoms with Gasteiger partial charge in [-0.3, -0.25) is 9.13 Å². The second-order valence-corrected chi connectivity index (χ2v) is 11.6. The summed E-state index contributed by atoms with van der Waals surface area (Å²) >= 11 is 0. The van der Waals surface area contributed by atoms with Crippen LogP contribution >= 0.6 is 0 Å². The lowest BCUT2D eigenvalue weighted by Gasteiger charge is -2.10. The summed E-state index contributed by atoms with van der Waals surface area (Å²) < 4.78 is 4.53. The Bertz CT molecular complexity index is 2030. The van der Waals surface area contributed by atoms with Crippen LogP contribution in [-0.2, 0) is 0 Å². The van der Waals surface area contributed by atoms with Gasteiger partial charge in [-0.1, -0.05) is 46.5 Å². The van der Waals surface area contributed by atoms with E-state index in [1.807, 2.05) is 12.4 Å². The Morgan fingerprint density at radius 1 is 0.381 bits per heavy atom. The first kappa shape index (κ1) is 24.6. The third-order valence-corrected chi connectivity index (χ3v) is 8.44. The lowest BCUT2D eigenvalue weighted by atomic mass is 10.1. The minimum atomic E-state index is 0.909. The quantitative estimate of drug-likeness (QED) is 0.223. The second-order valence-electron chi connectivity index (χ2n) is 11.6. The van der Waals surface area contributed by atoms with Crippen LogP contribution in [0.4, 0.5) is 0 Å². The largest absolute Gasteiger partial charge is 0.294 e. The Morgan fingerprint density at radius 2 is 0.690 bits per heavy atom. The van der Waals surface area contributed by atoms with Gasteiger partial charge in [0.15, 0.2) is 0 Å². The molecule has 0 spiro atoms. The third kappa shape index (κ3) is 3.76. The molecule has 4 heteroatoms. The number of fused-ring (bicyclic) bond motifs is 6. The molecule has 0 saturated heterocycles. The van der Waals surface area contributed by atoms with Crippen molar-refractivity contribution in [2.24, 2.45) is 0 Å². The molecule has 0 aliphatic carbocycles. The fourth-order valence-electron chi connectivity index (χ4n) is 6.37. The molecule has 0 aliphatic heterocycles. The molecule has 0 fully saturated rings. The zero-order valence-corrected chi connectivity index (χ0v) is 24.2. The van der Waals surface area contributed by atoms with Crippen LogP contribution < -0.4 is 0 Å². The molecule has 4 aromatic heterocycles. The lowest BCUT2D eigenvalue weighted by molar-refractivity contribution is 1.07. The van der Waals surface area contributed by atoms with E-state index >= 15 is 0 Å². The van der Waals surface area contributed by atoms with Gasteiger partial charge in [-0.25, -0.2) is 9.97 Å². The van der Waals surface area contributed by atoms with Crippen LogP contribution in [0.1, 0.15) is 22.3 Å². The minimum Gasteiger partial charge on any atom is -0.294 e. The summed E-state index contributed by atoms with van der Waals surface area (Å²) in [7, 11) is 0. The van der Waals surface area contributed by atoms with Crippen LogP contribution in [0.15, 0.2) is 109 Å². The summed E-state index contributed by atoms with van der Waals surface area (Å²) in [6, 6.07) is 35.1. The topological polar surface area (TPSA) is 35.6 Å². The first-order valence-corrected chi connectivity index (χ1v) is 14.4. The predicted molar refractivity (Wildman–Crippen MR) is 175 cm³/mol. The molecule has 42 heavy (non-hydrogen) atoms. The number of hydrogen-bond acceptors (Lipinski definition) is 2. The van der Waals surface area contributed by atoms with E-state index in [4.69, 9.17) is 9.97 Å². The van der Waals surface area contributed by atoms with Crippen LogP contribution in [-0.4, -0.2) is 19.1 Å². The van der Waals surface area contributed by atoms with E-state index < -0.39 is 0 Å². The Morgan fingerprint density at radius 3 is 0.952 bits per heavy atom. The average molecular weight is 543 g/mol. The van der Waals surface area contributed by atoms with Crippen molar-refractivity contribution in [2.45, 2.75) is 27.7 Å². The molecular formula is C38H30N4. The van der Waals surface area contributed by atoms with Crippen LogP contribution in [0.3, 0.4) is 0 Å². The number of nitrogens with zero attached hydrogens (tertiary/aromatic N) is 4. The number of hydrogen-bond donors (Lipinski definition) is 0. The number of aryl methyl sites for hydroxylation is 4. The van der Waals surface area contributed by atoms with E-state index in [1.165, 1.54) is 65.9 Å². The lowest BCUT2D eigenvalue weighted by Crippen LogP contribution is -1.98. The maximum atomic E-state index is 4.94. The smallest absolute Gasteiger partial charge is 0.137 e. The highest BCUT2D eigenvalue weighted by atomic mass is 15.1. The van der Waals surface area contributed by atoms with Gasteiger partial charge in [0, 0.05) is 45.1 Å². The molecule has 8 rings (SSSR count). The molecule has 0 amide bonds. The third-order valence-electron chi connectivity index (χ3n) is 8.44. The van der Waals surface area contributed by atoms with Crippen LogP contribution in [0, 0.1) is 27.7 Å². The fraction of sp³-hybridized carbons (Fsp3) is 0.105. The summed E-state index contributed by atoms with van der Waals surface area (Å²) in [5, 5.41) is 5.04. The summed E-state index contributed by atoms with van der Waals surface area (Å²) in [6.07, 6.45) is 3.91. The van der Waals surface area contributed by atoms with E-state index in [0.29, 0.717) is 0 Å². The molecule has 4 heterocycles. The summed E-state index contributed by atoms with van der Waals surface area (Å²) in [5.74, 6) is 1.82. The molecule has 0 atom stereocenters. The van der Waals surface area contributed by atoms with Gasteiger partial charge in [0.1, 0.15) is 11.6 Å². The van der Waals surface area contributed by atoms with Gasteiger partial charge in [0.05, 0.1) is 22.1 Å². The van der Waals surface area contributed by atoms with Crippen molar-refractivity contribution in [1.29, 1.82) is 0 Å². The van der Waals surface area contributed by atoms with Crippen molar-refractivity contribution in [2.75, 3.05) is 0 Å². The van der Waals surface area contributed by atoms with E-state index in [2.05, 4.69) is 134 Å². The zero-order chi connectivity index (χ0) is 28.5. The van der Waals surface area contributed by atoms with Gasteiger partial charge >= 0.3 is 0 Å². The van der Waals surface area contributed by atoms with Gasteiger partial charge in [-0.15, -0.1) is 0 Å². The molecule has 0 bridgehead atoms. The van der Waals surface area contributed by atoms with Gasteiger partial charge < -0.3 is 0 Å². The minimum absolute atomic E-state index is 0.909. The van der Waals surface area contributed by atoms with E-state index in [9.17, 15) is 0 Å². The van der Waals surface area contributed by atoms with Crippen LogP contribution in [0.2, 0.25) is 0 Å². The SMILES string of the molecule is Cc1ccc2c(c1)c1cc(C)ccc1n2-c1ccc(-c2ccc(-n3c4ccc(C)cc4c4cc(C)ccc43)nc2)cn1. The van der Waals surface area contributed by atoms with Gasteiger partial charge in [0.25, 0.3) is 0 Å². The monoisotopic (exact) mass is 542 g/mol. The maximum absolute atomic E-state index is 4.94. The highest BCUT2D eigenvalue weighted by Crippen LogP contribution is 2.35. The van der Waals surface area contributed by atoms with Crippen molar-refractivity contribution < 1.29 is 0 Å². The standard InChI is InChI=1S/C38H30N4/c1-23-5-11-33-29(17-23)30-18-24(2)6-12-34(30)41(33)37-15-9-27(21-39-37)28-10-16-38(40-22-28)42-35-13-7-25(3)19-31(35)32-20-26(4)8-14-36(32)42/h5-22H,1-4H3. The van der Waals surface area contributed by atoms with E-state index in [-0.39, 0.29) is 0 Å². The average Bonchev–Trinajstić information content (AvgIpc) is 3.48. The molecule has 0 radical (unpaired) electrons. The molecule has 0 N–H and O–H groups in total. The molecular weight excluding hydrogens is 512 g/mol. The van der Waals surface area contributed by atoms with Gasteiger partial charge in [-0.2, -0.15) is 0 Å². The summed E-state index contributed by atoms with van der Waals surface area (Å²) in [5.41, 5.74) is 11.8. The first-order chi connectivity index (χ1) is 20.4. The number of pyridine rings is 2. The Hall–Kier alpha value is -5.22. The number of benzene rings is 4. The van der Waals surface area contributed by atoms with Crippen molar-refractivity contribution in [3.8, 4) is 22.8 Å². The number of rotatable bonds is 3. The normalized spacial score (nSPS) is 11.8. The molecule has 0 saturated carbocycles. The van der Waals surface area contributed by atoms with Crippen molar-refractivity contribution in [1.82, 2.24) is 19.1 Å². The Labute approximate surface area is 244 Å². The summed E-state index contributed by atoms with van der Waals surface area (Å²) in [4.78, 5) is 9.89. The van der Waals surface area contributed by atoms with Crippen molar-refractivity contribution in [3.63, 3.8) is 0 Å². The molecule has 0 unspecified atom stereocenters. The molecule has 202 valence electrons.